The predicted molar refractivity (Wildman–Crippen MR) is 105 cm³/mol. The molecule has 2 heterocycles. The Bertz CT molecular complexity index is 1060. The average Bonchev–Trinajstić information content (AvgIpc) is 3.08. The highest BCUT2D eigenvalue weighted by atomic mass is 16.1. The van der Waals surface area contributed by atoms with E-state index >= 15 is 0 Å². The van der Waals surface area contributed by atoms with Gasteiger partial charge in [-0.3, -0.25) is 9.78 Å². The van der Waals surface area contributed by atoms with Crippen LogP contribution in [0.25, 0.3) is 11.0 Å². The predicted octanol–water partition coefficient (Wildman–Crippen LogP) is 3.97. The zero-order chi connectivity index (χ0) is 18.6. The third-order valence-corrected chi connectivity index (χ3v) is 4.54. The second-order valence-electron chi connectivity index (χ2n) is 6.46. The normalized spacial score (nSPS) is 12.0. The van der Waals surface area contributed by atoms with E-state index < -0.39 is 0 Å². The van der Waals surface area contributed by atoms with Gasteiger partial charge in [0.1, 0.15) is 5.82 Å². The largest absolute Gasteiger partial charge is 0.342 e. The molecule has 2 aromatic heterocycles. The molecule has 0 radical (unpaired) electrons. The van der Waals surface area contributed by atoms with Gasteiger partial charge in [-0.05, 0) is 36.8 Å². The highest BCUT2D eigenvalue weighted by Crippen LogP contribution is 2.22. The molecule has 0 aliphatic carbocycles. The van der Waals surface area contributed by atoms with Gasteiger partial charge >= 0.3 is 0 Å². The van der Waals surface area contributed by atoms with Crippen molar-refractivity contribution in [3.8, 4) is 0 Å². The number of carbonyl (C=O) groups is 1. The molecule has 0 bridgehead atoms. The number of benzene rings is 2. The Morgan fingerprint density at radius 1 is 1.00 bits per heavy atom. The van der Waals surface area contributed by atoms with Crippen LogP contribution in [0.1, 0.15) is 34.7 Å². The summed E-state index contributed by atoms with van der Waals surface area (Å²) in [5.41, 5.74) is 3.76. The molecule has 0 aliphatic heterocycles. The number of carbonyl (C=O) groups excluding carboxylic acids is 1. The minimum absolute atomic E-state index is 0.136. The molecular formula is C22H20N4O. The van der Waals surface area contributed by atoms with E-state index in [1.165, 1.54) is 5.56 Å². The fraction of sp³-hybridized carbons (Fsp3) is 0.136. The van der Waals surface area contributed by atoms with E-state index in [4.69, 9.17) is 4.98 Å². The fourth-order valence-electron chi connectivity index (χ4n) is 3.20. The van der Waals surface area contributed by atoms with Gasteiger partial charge in [0.05, 0.1) is 17.1 Å². The van der Waals surface area contributed by atoms with Crippen molar-refractivity contribution < 1.29 is 4.79 Å². The van der Waals surface area contributed by atoms with Crippen molar-refractivity contribution in [1.29, 1.82) is 0 Å². The molecule has 0 spiro atoms. The molecule has 1 atom stereocenters. The first-order valence-electron chi connectivity index (χ1n) is 8.92. The van der Waals surface area contributed by atoms with Crippen LogP contribution in [0.5, 0.6) is 0 Å². The summed E-state index contributed by atoms with van der Waals surface area (Å²) in [5.74, 6) is 0.700. The highest BCUT2D eigenvalue weighted by molar-refractivity contribution is 5.94. The van der Waals surface area contributed by atoms with E-state index in [0.717, 1.165) is 16.9 Å². The summed E-state index contributed by atoms with van der Waals surface area (Å²) in [7, 11) is 0. The lowest BCUT2D eigenvalue weighted by molar-refractivity contribution is 0.0937. The summed E-state index contributed by atoms with van der Waals surface area (Å²) >= 11 is 0. The molecule has 5 heteroatoms. The number of para-hydroxylation sites is 2. The maximum absolute atomic E-state index is 12.5. The molecule has 0 aliphatic rings. The summed E-state index contributed by atoms with van der Waals surface area (Å²) in [6, 6.07) is 21.5. The summed E-state index contributed by atoms with van der Waals surface area (Å²) < 4.78 is 2.17. The summed E-state index contributed by atoms with van der Waals surface area (Å²) in [6.07, 6.45) is 3.23. The lowest BCUT2D eigenvalue weighted by Crippen LogP contribution is -2.28. The summed E-state index contributed by atoms with van der Waals surface area (Å²) in [4.78, 5) is 21.3. The SMILES string of the molecule is CC(NC(=O)c1ccncc1)c1nc2ccccc2n1Cc1ccccc1. The van der Waals surface area contributed by atoms with Crippen molar-refractivity contribution in [2.45, 2.75) is 19.5 Å². The van der Waals surface area contributed by atoms with E-state index in [2.05, 4.69) is 33.1 Å². The van der Waals surface area contributed by atoms with Gasteiger partial charge in [0.25, 0.3) is 5.91 Å². The second-order valence-corrected chi connectivity index (χ2v) is 6.46. The van der Waals surface area contributed by atoms with E-state index in [1.54, 1.807) is 24.5 Å². The van der Waals surface area contributed by atoms with Gasteiger partial charge in [0.15, 0.2) is 0 Å². The number of aromatic nitrogens is 3. The molecule has 0 saturated heterocycles. The van der Waals surface area contributed by atoms with Crippen LogP contribution in [0.3, 0.4) is 0 Å². The molecule has 134 valence electrons. The number of pyridine rings is 1. The van der Waals surface area contributed by atoms with Gasteiger partial charge in [-0.2, -0.15) is 0 Å². The van der Waals surface area contributed by atoms with Crippen molar-refractivity contribution >= 4 is 16.9 Å². The minimum Gasteiger partial charge on any atom is -0.342 e. The van der Waals surface area contributed by atoms with Crippen molar-refractivity contribution in [2.75, 3.05) is 0 Å². The minimum atomic E-state index is -0.234. The average molecular weight is 356 g/mol. The first-order chi connectivity index (χ1) is 13.2. The van der Waals surface area contributed by atoms with Crippen molar-refractivity contribution in [2.24, 2.45) is 0 Å². The molecule has 4 aromatic rings. The van der Waals surface area contributed by atoms with Gasteiger partial charge in [-0.1, -0.05) is 42.5 Å². The number of fused-ring (bicyclic) bond motifs is 1. The van der Waals surface area contributed by atoms with Gasteiger partial charge in [-0.15, -0.1) is 0 Å². The number of imidazole rings is 1. The maximum Gasteiger partial charge on any atom is 0.251 e. The van der Waals surface area contributed by atoms with E-state index in [9.17, 15) is 4.79 Å². The summed E-state index contributed by atoms with van der Waals surface area (Å²) in [6.45, 7) is 2.66. The quantitative estimate of drug-likeness (QED) is 0.589. The van der Waals surface area contributed by atoms with Gasteiger partial charge in [0, 0.05) is 24.5 Å². The van der Waals surface area contributed by atoms with E-state index in [0.29, 0.717) is 12.1 Å². The Morgan fingerprint density at radius 3 is 2.48 bits per heavy atom. The molecule has 1 amide bonds. The Hall–Kier alpha value is -3.47. The highest BCUT2D eigenvalue weighted by Gasteiger charge is 2.19. The molecule has 1 unspecified atom stereocenters. The van der Waals surface area contributed by atoms with Crippen molar-refractivity contribution in [3.05, 3.63) is 96.1 Å². The standard InChI is InChI=1S/C22H20N4O/c1-16(24-22(27)18-11-13-23-14-12-18)21-25-19-9-5-6-10-20(19)26(21)15-17-7-3-2-4-8-17/h2-14,16H,15H2,1H3,(H,24,27). The lowest BCUT2D eigenvalue weighted by Gasteiger charge is -2.16. The smallest absolute Gasteiger partial charge is 0.251 e. The molecule has 0 fully saturated rings. The third kappa shape index (κ3) is 3.58. The first kappa shape index (κ1) is 17.0. The lowest BCUT2D eigenvalue weighted by atomic mass is 10.2. The van der Waals surface area contributed by atoms with Crippen LogP contribution in [-0.2, 0) is 6.54 Å². The zero-order valence-electron chi connectivity index (χ0n) is 15.0. The van der Waals surface area contributed by atoms with Crippen LogP contribution >= 0.6 is 0 Å². The summed E-state index contributed by atoms with van der Waals surface area (Å²) in [5, 5.41) is 3.05. The zero-order valence-corrected chi connectivity index (χ0v) is 15.0. The van der Waals surface area contributed by atoms with Crippen LogP contribution in [0.4, 0.5) is 0 Å². The Balaban J connectivity index is 1.68. The number of amides is 1. The van der Waals surface area contributed by atoms with Crippen LogP contribution in [0.2, 0.25) is 0 Å². The number of nitrogens with zero attached hydrogens (tertiary/aromatic N) is 3. The Labute approximate surface area is 157 Å². The number of rotatable bonds is 5. The molecule has 0 saturated carbocycles. The molecule has 2 aromatic carbocycles. The number of nitrogens with one attached hydrogen (secondary N) is 1. The Kier molecular flexibility index (Phi) is 4.66. The molecular weight excluding hydrogens is 336 g/mol. The van der Waals surface area contributed by atoms with Crippen LogP contribution in [0.15, 0.2) is 79.1 Å². The third-order valence-electron chi connectivity index (χ3n) is 4.54. The van der Waals surface area contributed by atoms with Crippen molar-refractivity contribution in [3.63, 3.8) is 0 Å². The monoisotopic (exact) mass is 356 g/mol. The number of hydrogen-bond acceptors (Lipinski definition) is 3. The van der Waals surface area contributed by atoms with E-state index in [1.807, 2.05) is 43.3 Å². The van der Waals surface area contributed by atoms with Crippen LogP contribution < -0.4 is 5.32 Å². The molecule has 27 heavy (non-hydrogen) atoms. The van der Waals surface area contributed by atoms with Crippen LogP contribution in [0, 0.1) is 0 Å². The first-order valence-corrected chi connectivity index (χ1v) is 8.92. The molecule has 5 nitrogen and oxygen atoms in total. The van der Waals surface area contributed by atoms with Crippen LogP contribution in [-0.4, -0.2) is 20.4 Å². The topological polar surface area (TPSA) is 59.8 Å². The maximum atomic E-state index is 12.5. The second kappa shape index (κ2) is 7.41. The van der Waals surface area contributed by atoms with Gasteiger partial charge in [-0.25, -0.2) is 4.98 Å². The van der Waals surface area contributed by atoms with Gasteiger partial charge in [0.2, 0.25) is 0 Å². The van der Waals surface area contributed by atoms with E-state index in [-0.39, 0.29) is 11.9 Å². The van der Waals surface area contributed by atoms with Gasteiger partial charge < -0.3 is 9.88 Å². The number of hydrogen-bond donors (Lipinski definition) is 1. The molecule has 4 rings (SSSR count). The van der Waals surface area contributed by atoms with Crippen molar-refractivity contribution in [1.82, 2.24) is 19.9 Å². The Morgan fingerprint density at radius 2 is 1.70 bits per heavy atom. The molecule has 1 N–H and O–H groups in total. The fourth-order valence-corrected chi connectivity index (χ4v) is 3.20.